The zero-order chi connectivity index (χ0) is 25.9. The van der Waals surface area contributed by atoms with Crippen LogP contribution in [0.5, 0.6) is 11.5 Å². The zero-order valence-corrected chi connectivity index (χ0v) is 21.8. The summed E-state index contributed by atoms with van der Waals surface area (Å²) in [4.78, 5) is 40.7. The number of benzene rings is 3. The number of rotatable bonds is 7. The maximum Gasteiger partial charge on any atom is 0.294 e. The molecule has 3 aromatic carbocycles. The van der Waals surface area contributed by atoms with Crippen molar-refractivity contribution in [3.8, 4) is 11.5 Å². The molecule has 0 radical (unpaired) electrons. The first-order valence-electron chi connectivity index (χ1n) is 11.9. The van der Waals surface area contributed by atoms with Crippen LogP contribution in [0.4, 0.5) is 4.79 Å². The lowest BCUT2D eigenvalue weighted by Crippen LogP contribution is -2.40. The second kappa shape index (κ2) is 10.9. The Morgan fingerprint density at radius 3 is 2.57 bits per heavy atom. The summed E-state index contributed by atoms with van der Waals surface area (Å²) < 4.78 is 11.5. The van der Waals surface area contributed by atoms with E-state index in [1.54, 1.807) is 23.1 Å². The third-order valence-corrected chi connectivity index (χ3v) is 7.56. The smallest absolute Gasteiger partial charge is 0.294 e. The van der Waals surface area contributed by atoms with E-state index in [0.717, 1.165) is 45.8 Å². The van der Waals surface area contributed by atoms with Crippen molar-refractivity contribution < 1.29 is 23.9 Å². The number of hydrogen-bond acceptors (Lipinski definition) is 6. The number of thioether (sulfide) groups is 1. The van der Waals surface area contributed by atoms with Crippen LogP contribution in [0.25, 0.3) is 16.8 Å². The number of halogens is 1. The van der Waals surface area contributed by atoms with E-state index in [1.165, 1.54) is 7.11 Å². The SMILES string of the molecule is COc1cc(/C=C2/SC(=O)N(CC(=O)N3CCCC3)C2=O)cc(Cl)c1OCc1ccc2ccccc2c1. The molecule has 0 N–H and O–H groups in total. The lowest BCUT2D eigenvalue weighted by Gasteiger charge is -2.18. The van der Waals surface area contributed by atoms with Crippen LogP contribution < -0.4 is 9.47 Å². The van der Waals surface area contributed by atoms with Crippen LogP contribution in [0.2, 0.25) is 5.02 Å². The monoisotopic (exact) mass is 536 g/mol. The maximum atomic E-state index is 12.9. The molecule has 0 unspecified atom stereocenters. The van der Waals surface area contributed by atoms with Crippen LogP contribution >= 0.6 is 23.4 Å². The number of imide groups is 1. The number of methoxy groups -OCH3 is 1. The predicted molar refractivity (Wildman–Crippen MR) is 145 cm³/mol. The van der Waals surface area contributed by atoms with Crippen molar-refractivity contribution in [3.63, 3.8) is 0 Å². The minimum Gasteiger partial charge on any atom is -0.493 e. The van der Waals surface area contributed by atoms with Gasteiger partial charge in [0.2, 0.25) is 5.91 Å². The second-order valence-corrected chi connectivity index (χ2v) is 10.3. The lowest BCUT2D eigenvalue weighted by atomic mass is 10.1. The number of ether oxygens (including phenoxy) is 2. The molecule has 0 atom stereocenters. The zero-order valence-electron chi connectivity index (χ0n) is 20.2. The van der Waals surface area contributed by atoms with E-state index < -0.39 is 11.1 Å². The van der Waals surface area contributed by atoms with Crippen molar-refractivity contribution in [2.75, 3.05) is 26.7 Å². The number of carbonyl (C=O) groups is 3. The Kier molecular flexibility index (Phi) is 7.39. The molecule has 9 heteroatoms. The molecular formula is C28H25ClN2O5S. The van der Waals surface area contributed by atoms with Crippen LogP contribution in [0, 0.1) is 0 Å². The van der Waals surface area contributed by atoms with Gasteiger partial charge in [-0.2, -0.15) is 0 Å². The number of nitrogens with zero attached hydrogens (tertiary/aromatic N) is 2. The summed E-state index contributed by atoms with van der Waals surface area (Å²) in [5.41, 5.74) is 1.56. The Balaban J connectivity index is 1.31. The van der Waals surface area contributed by atoms with Gasteiger partial charge in [-0.05, 0) is 70.8 Å². The fraction of sp³-hybridized carbons (Fsp3) is 0.250. The third-order valence-electron chi connectivity index (χ3n) is 6.37. The summed E-state index contributed by atoms with van der Waals surface area (Å²) in [6.07, 6.45) is 3.46. The van der Waals surface area contributed by atoms with Crippen LogP contribution in [0.3, 0.4) is 0 Å². The van der Waals surface area contributed by atoms with Gasteiger partial charge in [-0.15, -0.1) is 0 Å². The molecule has 3 aromatic rings. The molecule has 0 saturated carbocycles. The van der Waals surface area contributed by atoms with Crippen molar-refractivity contribution in [2.24, 2.45) is 0 Å². The molecule has 2 aliphatic rings. The van der Waals surface area contributed by atoms with Gasteiger partial charge in [0.1, 0.15) is 13.2 Å². The van der Waals surface area contributed by atoms with Crippen molar-refractivity contribution >= 4 is 57.3 Å². The van der Waals surface area contributed by atoms with Crippen molar-refractivity contribution in [1.29, 1.82) is 0 Å². The third kappa shape index (κ3) is 5.45. The highest BCUT2D eigenvalue weighted by Crippen LogP contribution is 2.39. The fourth-order valence-electron chi connectivity index (χ4n) is 4.44. The summed E-state index contributed by atoms with van der Waals surface area (Å²) >= 11 is 7.35. The average Bonchev–Trinajstić information content (AvgIpc) is 3.53. The average molecular weight is 537 g/mol. The first kappa shape index (κ1) is 25.2. The van der Waals surface area contributed by atoms with Gasteiger partial charge < -0.3 is 14.4 Å². The highest BCUT2D eigenvalue weighted by Gasteiger charge is 2.37. The molecule has 3 amide bonds. The van der Waals surface area contributed by atoms with Gasteiger partial charge in [0, 0.05) is 13.1 Å². The molecule has 190 valence electrons. The molecule has 0 spiro atoms. The molecule has 0 aliphatic carbocycles. The quantitative estimate of drug-likeness (QED) is 0.358. The largest absolute Gasteiger partial charge is 0.493 e. The molecule has 2 heterocycles. The van der Waals surface area contributed by atoms with Gasteiger partial charge in [0.25, 0.3) is 11.1 Å². The summed E-state index contributed by atoms with van der Waals surface area (Å²) in [6.45, 7) is 1.38. The van der Waals surface area contributed by atoms with E-state index in [1.807, 2.05) is 30.3 Å². The van der Waals surface area contributed by atoms with Gasteiger partial charge in [0.15, 0.2) is 11.5 Å². The van der Waals surface area contributed by atoms with Gasteiger partial charge in [-0.3, -0.25) is 19.3 Å². The lowest BCUT2D eigenvalue weighted by molar-refractivity contribution is -0.135. The molecular weight excluding hydrogens is 512 g/mol. The van der Waals surface area contributed by atoms with Crippen molar-refractivity contribution in [3.05, 3.63) is 75.7 Å². The molecule has 0 bridgehead atoms. The van der Waals surface area contributed by atoms with E-state index in [0.29, 0.717) is 41.8 Å². The number of fused-ring (bicyclic) bond motifs is 1. The fourth-order valence-corrected chi connectivity index (χ4v) is 5.55. The number of carbonyl (C=O) groups excluding carboxylic acids is 3. The van der Waals surface area contributed by atoms with E-state index in [2.05, 4.69) is 12.1 Å². The molecule has 7 nitrogen and oxygen atoms in total. The Morgan fingerprint density at radius 2 is 1.81 bits per heavy atom. The first-order valence-corrected chi connectivity index (χ1v) is 13.1. The molecule has 2 aliphatic heterocycles. The second-order valence-electron chi connectivity index (χ2n) is 8.86. The van der Waals surface area contributed by atoms with Crippen LogP contribution in [-0.4, -0.2) is 53.6 Å². The van der Waals surface area contributed by atoms with Crippen LogP contribution in [0.1, 0.15) is 24.0 Å². The van der Waals surface area contributed by atoms with E-state index in [-0.39, 0.29) is 17.4 Å². The topological polar surface area (TPSA) is 76.2 Å². The number of amides is 3. The molecule has 2 saturated heterocycles. The molecule has 0 aromatic heterocycles. The van der Waals surface area contributed by atoms with Crippen LogP contribution in [-0.2, 0) is 16.2 Å². The molecule has 37 heavy (non-hydrogen) atoms. The highest BCUT2D eigenvalue weighted by atomic mass is 35.5. The van der Waals surface area contributed by atoms with Crippen LogP contribution in [0.15, 0.2) is 59.5 Å². The van der Waals surface area contributed by atoms with E-state index >= 15 is 0 Å². The summed E-state index contributed by atoms with van der Waals surface area (Å²) in [6, 6.07) is 17.6. The van der Waals surface area contributed by atoms with Gasteiger partial charge in [0.05, 0.1) is 17.0 Å². The Bertz CT molecular complexity index is 1420. The van der Waals surface area contributed by atoms with Crippen molar-refractivity contribution in [2.45, 2.75) is 19.4 Å². The van der Waals surface area contributed by atoms with E-state index in [9.17, 15) is 14.4 Å². The Morgan fingerprint density at radius 1 is 1.05 bits per heavy atom. The molecule has 2 fully saturated rings. The van der Waals surface area contributed by atoms with Gasteiger partial charge in [-0.25, -0.2) is 0 Å². The predicted octanol–water partition coefficient (Wildman–Crippen LogP) is 5.74. The Hall–Kier alpha value is -3.49. The normalized spacial score (nSPS) is 16.8. The van der Waals surface area contributed by atoms with E-state index in [4.69, 9.17) is 21.1 Å². The first-order chi connectivity index (χ1) is 17.9. The van der Waals surface area contributed by atoms with Gasteiger partial charge >= 0.3 is 0 Å². The Labute approximate surface area is 224 Å². The standard InChI is InChI=1S/C28H25ClN2O5S/c1-35-23-14-19(15-24-27(33)31(28(34)37-24)16-25(32)30-10-4-5-11-30)13-22(29)26(23)36-17-18-8-9-20-6-2-3-7-21(20)12-18/h2-3,6-9,12-15H,4-5,10-11,16-17H2,1H3/b24-15+. The minimum atomic E-state index is -0.491. The van der Waals surface area contributed by atoms with Crippen molar-refractivity contribution in [1.82, 2.24) is 9.80 Å². The number of likely N-dealkylation sites (tertiary alicyclic amines) is 1. The number of hydrogen-bond donors (Lipinski definition) is 0. The minimum absolute atomic E-state index is 0.210. The summed E-state index contributed by atoms with van der Waals surface area (Å²) in [5, 5.41) is 2.12. The summed E-state index contributed by atoms with van der Waals surface area (Å²) in [7, 11) is 1.51. The summed E-state index contributed by atoms with van der Waals surface area (Å²) in [5.74, 6) is 0.0923. The molecule has 5 rings (SSSR count). The highest BCUT2D eigenvalue weighted by molar-refractivity contribution is 8.18. The van der Waals surface area contributed by atoms with Gasteiger partial charge in [-0.1, -0.05) is 48.0 Å². The maximum absolute atomic E-state index is 12.9.